The van der Waals surface area contributed by atoms with Crippen LogP contribution < -0.4 is 0 Å². The van der Waals surface area contributed by atoms with E-state index >= 15 is 0 Å². The summed E-state index contributed by atoms with van der Waals surface area (Å²) in [7, 11) is 1.80. The molecular weight excluding hydrogens is 268 g/mol. The predicted octanol–water partition coefficient (Wildman–Crippen LogP) is 2.04. The number of carbonyl (C=O) groups excluding carboxylic acids is 1. The average Bonchev–Trinajstić information content (AvgIpc) is 2.89. The summed E-state index contributed by atoms with van der Waals surface area (Å²) in [4.78, 5) is 17.6. The third kappa shape index (κ3) is 3.32. The van der Waals surface area contributed by atoms with Crippen LogP contribution in [0, 0.1) is 5.92 Å². The van der Waals surface area contributed by atoms with Gasteiger partial charge in [-0.05, 0) is 24.5 Å². The van der Waals surface area contributed by atoms with E-state index in [1.165, 1.54) is 12.7 Å². The molecule has 112 valence electrons. The van der Waals surface area contributed by atoms with Crippen LogP contribution in [0.2, 0.25) is 0 Å². The molecule has 21 heavy (non-hydrogen) atoms. The van der Waals surface area contributed by atoms with Crippen LogP contribution in [0.3, 0.4) is 0 Å². The third-order valence-corrected chi connectivity index (χ3v) is 4.00. The number of aryl methyl sites for hydroxylation is 1. The van der Waals surface area contributed by atoms with Gasteiger partial charge in [-0.25, -0.2) is 4.98 Å². The summed E-state index contributed by atoms with van der Waals surface area (Å²) in [6.07, 6.45) is 4.70. The van der Waals surface area contributed by atoms with Crippen LogP contribution in [-0.4, -0.2) is 32.6 Å². The fraction of sp³-hybridized carbons (Fsp3) is 0.533. The van der Waals surface area contributed by atoms with Gasteiger partial charge < -0.3 is 9.32 Å². The molecule has 0 bridgehead atoms. The van der Waals surface area contributed by atoms with Gasteiger partial charge in [0.15, 0.2) is 0 Å². The van der Waals surface area contributed by atoms with Crippen molar-refractivity contribution in [1.82, 2.24) is 19.7 Å². The van der Waals surface area contributed by atoms with Crippen molar-refractivity contribution in [1.29, 1.82) is 0 Å². The molecule has 2 atom stereocenters. The molecule has 1 saturated carbocycles. The van der Waals surface area contributed by atoms with Crippen LogP contribution in [0.15, 0.2) is 29.2 Å². The van der Waals surface area contributed by atoms with Crippen LogP contribution in [0.5, 0.6) is 0 Å². The van der Waals surface area contributed by atoms with Crippen molar-refractivity contribution < 1.29 is 9.21 Å². The van der Waals surface area contributed by atoms with E-state index in [0.717, 1.165) is 17.4 Å². The number of nitrogens with zero attached hydrogens (tertiary/aromatic N) is 4. The fourth-order valence-electron chi connectivity index (χ4n) is 2.47. The van der Waals surface area contributed by atoms with E-state index in [9.17, 15) is 4.79 Å². The zero-order valence-electron chi connectivity index (χ0n) is 12.4. The standard InChI is InChI=1S/C15H20N4O2/c1-11-7-13(11)14-4-3-12(21-14)8-18(2)15(20)5-6-19-10-16-9-17-19/h3-4,9-11,13H,5-8H2,1-2H3. The Labute approximate surface area is 123 Å². The largest absolute Gasteiger partial charge is 0.464 e. The lowest BCUT2D eigenvalue weighted by atomic mass is 10.3. The first-order chi connectivity index (χ1) is 10.1. The van der Waals surface area contributed by atoms with Crippen LogP contribution in [0.4, 0.5) is 0 Å². The Balaban J connectivity index is 1.49. The summed E-state index contributed by atoms with van der Waals surface area (Å²) in [5.41, 5.74) is 0. The Kier molecular flexibility index (Phi) is 3.77. The van der Waals surface area contributed by atoms with Gasteiger partial charge in [0.25, 0.3) is 0 Å². The summed E-state index contributed by atoms with van der Waals surface area (Å²) < 4.78 is 7.49. The molecule has 2 unspecified atom stereocenters. The zero-order chi connectivity index (χ0) is 14.8. The molecule has 0 N–H and O–H groups in total. The molecule has 0 spiro atoms. The van der Waals surface area contributed by atoms with Gasteiger partial charge in [-0.2, -0.15) is 5.10 Å². The lowest BCUT2D eigenvalue weighted by Gasteiger charge is -2.15. The van der Waals surface area contributed by atoms with Crippen LogP contribution in [-0.2, 0) is 17.9 Å². The summed E-state index contributed by atoms with van der Waals surface area (Å²) in [5.74, 6) is 3.28. The van der Waals surface area contributed by atoms with E-state index in [1.54, 1.807) is 23.0 Å². The first-order valence-corrected chi connectivity index (χ1v) is 7.28. The SMILES string of the molecule is CC1CC1c1ccc(CN(C)C(=O)CCn2cncn2)o1. The smallest absolute Gasteiger partial charge is 0.224 e. The average molecular weight is 288 g/mol. The maximum absolute atomic E-state index is 12.1. The summed E-state index contributed by atoms with van der Waals surface area (Å²) in [6, 6.07) is 4.01. The highest BCUT2D eigenvalue weighted by Gasteiger charge is 2.36. The first kappa shape index (κ1) is 13.9. The van der Waals surface area contributed by atoms with E-state index in [0.29, 0.717) is 25.4 Å². The minimum absolute atomic E-state index is 0.0724. The first-order valence-electron chi connectivity index (χ1n) is 7.28. The van der Waals surface area contributed by atoms with Gasteiger partial charge in [-0.15, -0.1) is 0 Å². The number of amides is 1. The van der Waals surface area contributed by atoms with E-state index in [-0.39, 0.29) is 5.91 Å². The van der Waals surface area contributed by atoms with Gasteiger partial charge in [0.2, 0.25) is 5.91 Å². The van der Waals surface area contributed by atoms with E-state index in [4.69, 9.17) is 4.42 Å². The highest BCUT2D eigenvalue weighted by Crippen LogP contribution is 2.47. The molecule has 2 aromatic rings. The number of rotatable bonds is 6. The molecule has 0 aliphatic heterocycles. The topological polar surface area (TPSA) is 64.2 Å². The molecule has 0 aromatic carbocycles. The second kappa shape index (κ2) is 5.71. The maximum atomic E-state index is 12.1. The summed E-state index contributed by atoms with van der Waals surface area (Å²) in [6.45, 7) is 3.29. The molecule has 1 fully saturated rings. The quantitative estimate of drug-likeness (QED) is 0.816. The van der Waals surface area contributed by atoms with Gasteiger partial charge in [-0.1, -0.05) is 6.92 Å². The number of aromatic nitrogens is 3. The lowest BCUT2D eigenvalue weighted by Crippen LogP contribution is -2.26. The van der Waals surface area contributed by atoms with Gasteiger partial charge in [-0.3, -0.25) is 9.48 Å². The molecule has 1 amide bonds. The monoisotopic (exact) mass is 288 g/mol. The van der Waals surface area contributed by atoms with Gasteiger partial charge in [0.05, 0.1) is 13.1 Å². The Morgan fingerprint density at radius 1 is 1.52 bits per heavy atom. The third-order valence-electron chi connectivity index (χ3n) is 4.00. The lowest BCUT2D eigenvalue weighted by molar-refractivity contribution is -0.130. The van der Waals surface area contributed by atoms with Gasteiger partial charge >= 0.3 is 0 Å². The zero-order valence-corrected chi connectivity index (χ0v) is 12.4. The van der Waals surface area contributed by atoms with E-state index in [1.807, 2.05) is 12.1 Å². The van der Waals surface area contributed by atoms with Crippen LogP contribution in [0.1, 0.15) is 37.2 Å². The second-order valence-corrected chi connectivity index (χ2v) is 5.78. The molecule has 6 nitrogen and oxygen atoms in total. The van der Waals surface area contributed by atoms with Gasteiger partial charge in [0, 0.05) is 19.4 Å². The normalized spacial score (nSPS) is 20.5. The van der Waals surface area contributed by atoms with Crippen molar-refractivity contribution in [2.45, 2.75) is 38.8 Å². The van der Waals surface area contributed by atoms with Gasteiger partial charge in [0.1, 0.15) is 24.2 Å². The highest BCUT2D eigenvalue weighted by atomic mass is 16.3. The van der Waals surface area contributed by atoms with Crippen molar-refractivity contribution >= 4 is 5.91 Å². The molecule has 2 heterocycles. The van der Waals surface area contributed by atoms with Crippen molar-refractivity contribution in [3.8, 4) is 0 Å². The molecule has 0 radical (unpaired) electrons. The number of hydrogen-bond donors (Lipinski definition) is 0. The summed E-state index contributed by atoms with van der Waals surface area (Å²) >= 11 is 0. The molecule has 6 heteroatoms. The number of furan rings is 1. The summed E-state index contributed by atoms with van der Waals surface area (Å²) in [5, 5.41) is 3.98. The van der Waals surface area contributed by atoms with Crippen molar-refractivity contribution in [3.05, 3.63) is 36.3 Å². The Hall–Kier alpha value is -2.11. The molecule has 0 saturated heterocycles. The van der Waals surface area contributed by atoms with E-state index in [2.05, 4.69) is 17.0 Å². The van der Waals surface area contributed by atoms with Crippen molar-refractivity contribution in [2.24, 2.45) is 5.92 Å². The molecular formula is C15H20N4O2. The van der Waals surface area contributed by atoms with Crippen LogP contribution in [0.25, 0.3) is 0 Å². The second-order valence-electron chi connectivity index (χ2n) is 5.78. The highest BCUT2D eigenvalue weighted by molar-refractivity contribution is 5.75. The van der Waals surface area contributed by atoms with Crippen molar-refractivity contribution in [3.63, 3.8) is 0 Å². The predicted molar refractivity (Wildman–Crippen MR) is 76.3 cm³/mol. The fourth-order valence-corrected chi connectivity index (χ4v) is 2.47. The van der Waals surface area contributed by atoms with Crippen LogP contribution >= 0.6 is 0 Å². The Morgan fingerprint density at radius 3 is 3.00 bits per heavy atom. The minimum atomic E-state index is 0.0724. The maximum Gasteiger partial charge on any atom is 0.224 e. The number of hydrogen-bond acceptors (Lipinski definition) is 4. The Bertz CT molecular complexity index is 605. The molecule has 1 aliphatic carbocycles. The number of carbonyl (C=O) groups is 1. The van der Waals surface area contributed by atoms with E-state index < -0.39 is 0 Å². The molecule has 1 aliphatic rings. The molecule has 2 aromatic heterocycles. The van der Waals surface area contributed by atoms with Crippen molar-refractivity contribution in [2.75, 3.05) is 7.05 Å². The minimum Gasteiger partial charge on any atom is -0.464 e. The Morgan fingerprint density at radius 2 is 2.33 bits per heavy atom. The molecule has 3 rings (SSSR count).